The molecule has 13 heavy (non-hydrogen) atoms. The Kier molecular flexibility index (Phi) is 3.84. The molecule has 1 rings (SSSR count). The minimum Gasteiger partial charge on any atom is -0.481 e. The van der Waals surface area contributed by atoms with Gasteiger partial charge in [-0.1, -0.05) is 12.8 Å². The highest BCUT2D eigenvalue weighted by Crippen LogP contribution is 2.10. The standard InChI is InChI=1S/C11H10FO/c1-2-3-4-8-13-11-7-5-6-10(12)9-11/h5,7,9H,2,8H2,1H3. The molecule has 0 atom stereocenters. The third kappa shape index (κ3) is 3.62. The average Bonchev–Trinajstić information content (AvgIpc) is 2.13. The number of hydrogen-bond acceptors (Lipinski definition) is 1. The van der Waals surface area contributed by atoms with Crippen LogP contribution in [0.3, 0.4) is 0 Å². The van der Waals surface area contributed by atoms with E-state index in [2.05, 4.69) is 17.9 Å². The summed E-state index contributed by atoms with van der Waals surface area (Å²) in [6, 6.07) is 6.81. The molecule has 0 spiro atoms. The van der Waals surface area contributed by atoms with Crippen LogP contribution in [0.1, 0.15) is 13.3 Å². The van der Waals surface area contributed by atoms with Crippen LogP contribution in [0.4, 0.5) is 4.39 Å². The highest BCUT2D eigenvalue weighted by molar-refractivity contribution is 5.22. The normalized spacial score (nSPS) is 8.77. The average molecular weight is 177 g/mol. The molecule has 1 radical (unpaired) electrons. The zero-order valence-electron chi connectivity index (χ0n) is 7.43. The minimum absolute atomic E-state index is 0.303. The van der Waals surface area contributed by atoms with Gasteiger partial charge in [0.2, 0.25) is 0 Å². The third-order valence-corrected chi connectivity index (χ3v) is 1.35. The number of ether oxygens (including phenoxy) is 1. The molecule has 0 aliphatic carbocycles. The molecule has 0 aromatic heterocycles. The van der Waals surface area contributed by atoms with Gasteiger partial charge in [-0.2, -0.15) is 0 Å². The van der Waals surface area contributed by atoms with Gasteiger partial charge in [0.25, 0.3) is 0 Å². The van der Waals surface area contributed by atoms with E-state index in [-0.39, 0.29) is 0 Å². The molecule has 0 saturated heterocycles. The number of benzene rings is 1. The molecule has 1 nitrogen and oxygen atoms in total. The van der Waals surface area contributed by atoms with Crippen LogP contribution in [-0.4, -0.2) is 6.61 Å². The van der Waals surface area contributed by atoms with Gasteiger partial charge in [-0.15, -0.1) is 5.92 Å². The first kappa shape index (κ1) is 9.60. The molecule has 67 valence electrons. The topological polar surface area (TPSA) is 9.23 Å². The number of halogens is 1. The van der Waals surface area contributed by atoms with E-state index in [0.29, 0.717) is 12.4 Å². The van der Waals surface area contributed by atoms with Crippen molar-refractivity contribution in [3.63, 3.8) is 0 Å². The van der Waals surface area contributed by atoms with Gasteiger partial charge in [0.15, 0.2) is 0 Å². The summed E-state index contributed by atoms with van der Waals surface area (Å²) in [6.45, 7) is 2.27. The van der Waals surface area contributed by atoms with E-state index in [4.69, 9.17) is 4.74 Å². The molecule has 0 N–H and O–H groups in total. The summed E-state index contributed by atoms with van der Waals surface area (Å²) in [5.41, 5.74) is 0. The first-order chi connectivity index (χ1) is 6.33. The fourth-order valence-electron chi connectivity index (χ4n) is 0.803. The summed E-state index contributed by atoms with van der Waals surface area (Å²) in [5, 5.41) is 0. The predicted molar refractivity (Wildman–Crippen MR) is 48.8 cm³/mol. The predicted octanol–water partition coefficient (Wildman–Crippen LogP) is 2.42. The van der Waals surface area contributed by atoms with Gasteiger partial charge in [-0.05, 0) is 12.1 Å². The molecule has 1 aromatic carbocycles. The lowest BCUT2D eigenvalue weighted by Crippen LogP contribution is -1.93. The van der Waals surface area contributed by atoms with Crippen molar-refractivity contribution >= 4 is 0 Å². The fourth-order valence-corrected chi connectivity index (χ4v) is 0.803. The van der Waals surface area contributed by atoms with E-state index in [1.165, 1.54) is 12.1 Å². The quantitative estimate of drug-likeness (QED) is 0.630. The Morgan fingerprint density at radius 2 is 2.38 bits per heavy atom. The van der Waals surface area contributed by atoms with Gasteiger partial charge in [0, 0.05) is 18.6 Å². The lowest BCUT2D eigenvalue weighted by atomic mass is 10.3. The summed E-state index contributed by atoms with van der Waals surface area (Å²) in [5.74, 6) is 5.73. The van der Waals surface area contributed by atoms with Gasteiger partial charge in [0.1, 0.15) is 18.2 Å². The SMILES string of the molecule is CCC#CCOc1cc[c]c(F)c1. The second-order valence-electron chi connectivity index (χ2n) is 2.37. The first-order valence-corrected chi connectivity index (χ1v) is 4.08. The largest absolute Gasteiger partial charge is 0.481 e. The number of hydrogen-bond donors (Lipinski definition) is 0. The zero-order valence-corrected chi connectivity index (χ0v) is 7.43. The van der Waals surface area contributed by atoms with Crippen LogP contribution >= 0.6 is 0 Å². The smallest absolute Gasteiger partial charge is 0.149 e. The second-order valence-corrected chi connectivity index (χ2v) is 2.37. The molecule has 0 unspecified atom stereocenters. The van der Waals surface area contributed by atoms with Crippen LogP contribution < -0.4 is 4.74 Å². The molecule has 2 heteroatoms. The molecule has 0 amide bonds. The molecule has 0 bridgehead atoms. The maximum absolute atomic E-state index is 12.6. The van der Waals surface area contributed by atoms with Crippen molar-refractivity contribution in [3.8, 4) is 17.6 Å². The molecule has 0 aliphatic heterocycles. The van der Waals surface area contributed by atoms with Crippen LogP contribution in [0.15, 0.2) is 18.2 Å². The van der Waals surface area contributed by atoms with Crippen LogP contribution in [0.2, 0.25) is 0 Å². The number of rotatable bonds is 2. The van der Waals surface area contributed by atoms with E-state index < -0.39 is 5.82 Å². The Bertz CT molecular complexity index is 322. The molecular weight excluding hydrogens is 167 g/mol. The van der Waals surface area contributed by atoms with Gasteiger partial charge in [-0.3, -0.25) is 0 Å². The highest BCUT2D eigenvalue weighted by atomic mass is 19.1. The second kappa shape index (κ2) is 5.21. The monoisotopic (exact) mass is 177 g/mol. The van der Waals surface area contributed by atoms with E-state index >= 15 is 0 Å². The molecule has 1 aromatic rings. The Morgan fingerprint density at radius 1 is 1.54 bits per heavy atom. The fraction of sp³-hybridized carbons (Fsp3) is 0.273. The third-order valence-electron chi connectivity index (χ3n) is 1.35. The van der Waals surface area contributed by atoms with Crippen LogP contribution in [0.5, 0.6) is 5.75 Å². The summed E-state index contributed by atoms with van der Waals surface area (Å²) in [4.78, 5) is 0. The van der Waals surface area contributed by atoms with Gasteiger partial charge >= 0.3 is 0 Å². The van der Waals surface area contributed by atoms with Crippen molar-refractivity contribution in [1.82, 2.24) is 0 Å². The van der Waals surface area contributed by atoms with Crippen molar-refractivity contribution in [1.29, 1.82) is 0 Å². The van der Waals surface area contributed by atoms with Crippen molar-refractivity contribution in [2.45, 2.75) is 13.3 Å². The molecule has 0 heterocycles. The highest BCUT2D eigenvalue weighted by Gasteiger charge is 1.93. The Morgan fingerprint density at radius 3 is 3.08 bits per heavy atom. The maximum Gasteiger partial charge on any atom is 0.149 e. The molecule has 0 aliphatic rings. The molecular formula is C11H10FO. The lowest BCUT2D eigenvalue weighted by molar-refractivity contribution is 0.367. The Labute approximate surface area is 77.5 Å². The lowest BCUT2D eigenvalue weighted by Gasteiger charge is -2.00. The van der Waals surface area contributed by atoms with E-state index in [0.717, 1.165) is 6.42 Å². The maximum atomic E-state index is 12.6. The van der Waals surface area contributed by atoms with Gasteiger partial charge < -0.3 is 4.74 Å². The van der Waals surface area contributed by atoms with Gasteiger partial charge in [-0.25, -0.2) is 4.39 Å². The molecule has 0 saturated carbocycles. The van der Waals surface area contributed by atoms with Crippen LogP contribution in [0, 0.1) is 23.7 Å². The van der Waals surface area contributed by atoms with E-state index in [1.54, 1.807) is 6.07 Å². The van der Waals surface area contributed by atoms with Crippen molar-refractivity contribution < 1.29 is 9.13 Å². The van der Waals surface area contributed by atoms with E-state index in [1.807, 2.05) is 6.92 Å². The van der Waals surface area contributed by atoms with Crippen molar-refractivity contribution in [2.75, 3.05) is 6.61 Å². The molecule has 0 fully saturated rings. The summed E-state index contributed by atoms with van der Waals surface area (Å²) < 4.78 is 17.7. The summed E-state index contributed by atoms with van der Waals surface area (Å²) in [6.07, 6.45) is 0.806. The van der Waals surface area contributed by atoms with Crippen molar-refractivity contribution in [2.24, 2.45) is 0 Å². The summed E-state index contributed by atoms with van der Waals surface area (Å²) >= 11 is 0. The Hall–Kier alpha value is -1.49. The Balaban J connectivity index is 2.45. The minimum atomic E-state index is -0.416. The summed E-state index contributed by atoms with van der Waals surface area (Å²) in [7, 11) is 0. The van der Waals surface area contributed by atoms with Crippen molar-refractivity contribution in [3.05, 3.63) is 30.1 Å². The van der Waals surface area contributed by atoms with E-state index in [9.17, 15) is 4.39 Å². The van der Waals surface area contributed by atoms with Crippen LogP contribution in [-0.2, 0) is 0 Å². The van der Waals surface area contributed by atoms with Gasteiger partial charge in [0.05, 0.1) is 0 Å². The van der Waals surface area contributed by atoms with Crippen LogP contribution in [0.25, 0.3) is 0 Å². The zero-order chi connectivity index (χ0) is 9.52. The first-order valence-electron chi connectivity index (χ1n) is 4.08.